The van der Waals surface area contributed by atoms with Crippen LogP contribution in [0.1, 0.15) is 128 Å². The maximum Gasteiger partial charge on any atom is 0.0180 e. The van der Waals surface area contributed by atoms with E-state index in [9.17, 15) is 0 Å². The minimum atomic E-state index is -0.159. The summed E-state index contributed by atoms with van der Waals surface area (Å²) in [6.45, 7) is 28.2. The molecule has 0 aromatic heterocycles. The van der Waals surface area contributed by atoms with Gasteiger partial charge in [-0.25, -0.2) is 0 Å². The van der Waals surface area contributed by atoms with E-state index in [0.29, 0.717) is 0 Å². The standard InChI is InChI=1S/C42H54/c1-13-40(10,34-22-19-28(4)25-31(34)7)37-17-16-18-38(41(11,14-2)35-23-20-29(5)26-32(35)8)39(37)42(12,15-3)36-24-21-30(6)27-33(36)9/h16-27H,13-15H2,1-12H3. The van der Waals surface area contributed by atoms with Crippen LogP contribution in [0, 0.1) is 41.5 Å². The van der Waals surface area contributed by atoms with E-state index in [-0.39, 0.29) is 16.2 Å². The van der Waals surface area contributed by atoms with Crippen molar-refractivity contribution >= 4 is 0 Å². The third-order valence-corrected chi connectivity index (χ3v) is 10.9. The summed E-state index contributed by atoms with van der Waals surface area (Å²) in [6.07, 6.45) is 3.10. The molecule has 0 amide bonds. The van der Waals surface area contributed by atoms with Crippen molar-refractivity contribution in [2.24, 2.45) is 0 Å². The minimum Gasteiger partial charge on any atom is -0.0642 e. The average Bonchev–Trinajstić information content (AvgIpc) is 2.95. The van der Waals surface area contributed by atoms with Crippen LogP contribution in [0.15, 0.2) is 72.8 Å². The molecule has 4 aromatic carbocycles. The summed E-state index contributed by atoms with van der Waals surface area (Å²) in [6, 6.07) is 28.5. The molecular formula is C42H54. The summed E-state index contributed by atoms with van der Waals surface area (Å²) < 4.78 is 0. The van der Waals surface area contributed by atoms with Crippen LogP contribution in [0.5, 0.6) is 0 Å². The molecule has 3 atom stereocenters. The van der Waals surface area contributed by atoms with Crippen molar-refractivity contribution in [1.82, 2.24) is 0 Å². The van der Waals surface area contributed by atoms with Crippen LogP contribution in [-0.2, 0) is 16.2 Å². The largest absolute Gasteiger partial charge is 0.0642 e. The molecule has 0 N–H and O–H groups in total. The van der Waals surface area contributed by atoms with E-state index in [0.717, 1.165) is 19.3 Å². The van der Waals surface area contributed by atoms with Gasteiger partial charge in [0.1, 0.15) is 0 Å². The molecule has 0 fully saturated rings. The SMILES string of the molecule is CCC(C)(c1ccc(C)cc1C)c1cccc(C(C)(CC)c2ccc(C)cc2C)c1C(C)(CC)c1ccc(C)cc1C. The number of rotatable bonds is 9. The van der Waals surface area contributed by atoms with Crippen LogP contribution in [0.2, 0.25) is 0 Å². The van der Waals surface area contributed by atoms with E-state index in [2.05, 4.69) is 156 Å². The summed E-state index contributed by atoms with van der Waals surface area (Å²) in [5.74, 6) is 0. The van der Waals surface area contributed by atoms with Crippen LogP contribution < -0.4 is 0 Å². The van der Waals surface area contributed by atoms with Gasteiger partial charge >= 0.3 is 0 Å². The fourth-order valence-corrected chi connectivity index (χ4v) is 7.92. The zero-order valence-electron chi connectivity index (χ0n) is 28.5. The lowest BCUT2D eigenvalue weighted by Crippen LogP contribution is -2.37. The topological polar surface area (TPSA) is 0 Å². The van der Waals surface area contributed by atoms with E-state index in [4.69, 9.17) is 0 Å². The van der Waals surface area contributed by atoms with Crippen LogP contribution >= 0.6 is 0 Å². The first-order valence-electron chi connectivity index (χ1n) is 16.1. The van der Waals surface area contributed by atoms with Crippen LogP contribution in [0.4, 0.5) is 0 Å². The number of hydrogen-bond donors (Lipinski definition) is 0. The van der Waals surface area contributed by atoms with Crippen LogP contribution in [-0.4, -0.2) is 0 Å². The zero-order chi connectivity index (χ0) is 31.0. The minimum absolute atomic E-state index is 0.130. The Morgan fingerprint density at radius 3 is 1.00 bits per heavy atom. The van der Waals surface area contributed by atoms with Crippen LogP contribution in [0.3, 0.4) is 0 Å². The maximum absolute atomic E-state index is 2.52. The molecule has 0 aliphatic carbocycles. The van der Waals surface area contributed by atoms with Crippen molar-refractivity contribution in [3.63, 3.8) is 0 Å². The third kappa shape index (κ3) is 5.27. The fraction of sp³-hybridized carbons (Fsp3) is 0.429. The second-order valence-corrected chi connectivity index (χ2v) is 13.7. The zero-order valence-corrected chi connectivity index (χ0v) is 28.5. The highest BCUT2D eigenvalue weighted by Crippen LogP contribution is 2.51. The molecule has 0 bridgehead atoms. The lowest BCUT2D eigenvalue weighted by Gasteiger charge is -2.44. The monoisotopic (exact) mass is 558 g/mol. The molecule has 3 unspecified atom stereocenters. The Balaban J connectivity index is 2.20. The molecule has 42 heavy (non-hydrogen) atoms. The molecule has 0 radical (unpaired) electrons. The van der Waals surface area contributed by atoms with Crippen molar-refractivity contribution in [2.45, 2.75) is 119 Å². The van der Waals surface area contributed by atoms with Gasteiger partial charge in [0.05, 0.1) is 0 Å². The highest BCUT2D eigenvalue weighted by atomic mass is 14.5. The van der Waals surface area contributed by atoms with Gasteiger partial charge in [-0.05, 0) is 111 Å². The number of hydrogen-bond acceptors (Lipinski definition) is 0. The summed E-state index contributed by atoms with van der Waals surface area (Å²) >= 11 is 0. The van der Waals surface area contributed by atoms with Gasteiger partial charge in [0.2, 0.25) is 0 Å². The Hall–Kier alpha value is -3.12. The highest BCUT2D eigenvalue weighted by Gasteiger charge is 2.43. The van der Waals surface area contributed by atoms with Crippen molar-refractivity contribution in [3.8, 4) is 0 Å². The summed E-state index contributed by atoms with van der Waals surface area (Å²) in [4.78, 5) is 0. The second-order valence-electron chi connectivity index (χ2n) is 13.7. The molecule has 222 valence electrons. The van der Waals surface area contributed by atoms with Crippen molar-refractivity contribution < 1.29 is 0 Å². The predicted octanol–water partition coefficient (Wildman–Crippen LogP) is 11.7. The first-order chi connectivity index (χ1) is 19.8. The summed E-state index contributed by atoms with van der Waals surface area (Å²) in [5, 5.41) is 0. The van der Waals surface area contributed by atoms with E-state index < -0.39 is 0 Å². The molecule has 0 nitrogen and oxygen atoms in total. The van der Waals surface area contributed by atoms with E-state index in [1.165, 1.54) is 66.8 Å². The Kier molecular flexibility index (Phi) is 8.99. The molecule has 0 heterocycles. The highest BCUT2D eigenvalue weighted by molar-refractivity contribution is 5.60. The third-order valence-electron chi connectivity index (χ3n) is 10.9. The van der Waals surface area contributed by atoms with Crippen LogP contribution in [0.25, 0.3) is 0 Å². The first-order valence-corrected chi connectivity index (χ1v) is 16.1. The molecule has 0 aliphatic heterocycles. The molecule has 0 saturated heterocycles. The second kappa shape index (κ2) is 11.9. The van der Waals surface area contributed by atoms with E-state index in [1.807, 2.05) is 0 Å². The number of aryl methyl sites for hydroxylation is 6. The van der Waals surface area contributed by atoms with Gasteiger partial charge in [-0.3, -0.25) is 0 Å². The van der Waals surface area contributed by atoms with Crippen molar-refractivity contribution in [3.05, 3.63) is 140 Å². The first kappa shape index (κ1) is 31.8. The Morgan fingerprint density at radius 2 is 0.714 bits per heavy atom. The molecular weight excluding hydrogens is 504 g/mol. The van der Waals surface area contributed by atoms with Gasteiger partial charge in [0.15, 0.2) is 0 Å². The average molecular weight is 559 g/mol. The van der Waals surface area contributed by atoms with Gasteiger partial charge < -0.3 is 0 Å². The van der Waals surface area contributed by atoms with Crippen molar-refractivity contribution in [2.75, 3.05) is 0 Å². The number of benzene rings is 4. The van der Waals surface area contributed by atoms with Gasteiger partial charge in [-0.15, -0.1) is 0 Å². The van der Waals surface area contributed by atoms with Gasteiger partial charge in [0.25, 0.3) is 0 Å². The molecule has 0 saturated carbocycles. The Morgan fingerprint density at radius 1 is 0.405 bits per heavy atom. The predicted molar refractivity (Wildman–Crippen MR) is 184 cm³/mol. The summed E-state index contributed by atoms with van der Waals surface area (Å²) in [7, 11) is 0. The lowest BCUT2D eigenvalue weighted by atomic mass is 9.59. The fourth-order valence-electron chi connectivity index (χ4n) is 7.92. The van der Waals surface area contributed by atoms with E-state index in [1.54, 1.807) is 0 Å². The molecule has 0 aliphatic rings. The smallest absolute Gasteiger partial charge is 0.0180 e. The lowest BCUT2D eigenvalue weighted by molar-refractivity contribution is 0.466. The maximum atomic E-state index is 2.52. The van der Waals surface area contributed by atoms with Gasteiger partial charge in [-0.1, -0.05) is 131 Å². The van der Waals surface area contributed by atoms with E-state index >= 15 is 0 Å². The molecule has 4 rings (SSSR count). The molecule has 0 heteroatoms. The summed E-state index contributed by atoms with van der Waals surface area (Å²) in [5.41, 5.74) is 16.5. The van der Waals surface area contributed by atoms with Crippen molar-refractivity contribution in [1.29, 1.82) is 0 Å². The Labute approximate surface area is 257 Å². The normalized spacial score (nSPS) is 16.0. The Bertz CT molecular complexity index is 1500. The molecule has 4 aromatic rings. The quantitative estimate of drug-likeness (QED) is 0.192. The van der Waals surface area contributed by atoms with Gasteiger partial charge in [0, 0.05) is 16.2 Å². The molecule has 0 spiro atoms. The van der Waals surface area contributed by atoms with Gasteiger partial charge in [-0.2, -0.15) is 0 Å².